The average molecular weight is 274 g/mol. The van der Waals surface area contributed by atoms with Crippen molar-refractivity contribution in [2.24, 2.45) is 14.1 Å². The molecule has 2 aromatic heterocycles. The van der Waals surface area contributed by atoms with Gasteiger partial charge in [-0.25, -0.2) is 18.4 Å². The van der Waals surface area contributed by atoms with Gasteiger partial charge in [0.15, 0.2) is 11.6 Å². The lowest BCUT2D eigenvalue weighted by Crippen LogP contribution is -1.98. The standard InChI is InChI=1S/C14H12F2N4/c1-19-8-4-7-11(19)14-17-13(18-20(14)2)12-9(15)5-3-6-10(12)16/h3-8H,1-2H3. The Morgan fingerprint density at radius 1 is 1.00 bits per heavy atom. The molecule has 0 aliphatic rings. The summed E-state index contributed by atoms with van der Waals surface area (Å²) in [5.41, 5.74) is 0.617. The van der Waals surface area contributed by atoms with E-state index in [0.717, 1.165) is 5.69 Å². The number of aromatic nitrogens is 4. The van der Waals surface area contributed by atoms with Gasteiger partial charge in [-0.15, -0.1) is 0 Å². The second kappa shape index (κ2) is 4.56. The van der Waals surface area contributed by atoms with Gasteiger partial charge in [-0.05, 0) is 24.3 Å². The van der Waals surface area contributed by atoms with Gasteiger partial charge < -0.3 is 4.57 Å². The van der Waals surface area contributed by atoms with Crippen LogP contribution in [0, 0.1) is 11.6 Å². The fourth-order valence-electron chi connectivity index (χ4n) is 2.12. The minimum absolute atomic E-state index is 0.0410. The van der Waals surface area contributed by atoms with Crippen LogP contribution < -0.4 is 0 Å². The topological polar surface area (TPSA) is 35.6 Å². The van der Waals surface area contributed by atoms with Crippen molar-refractivity contribution in [3.63, 3.8) is 0 Å². The smallest absolute Gasteiger partial charge is 0.187 e. The Labute approximate surface area is 114 Å². The third-order valence-corrected chi connectivity index (χ3v) is 3.12. The lowest BCUT2D eigenvalue weighted by atomic mass is 10.2. The molecule has 4 nitrogen and oxygen atoms in total. The molecule has 2 heterocycles. The molecule has 0 amide bonds. The van der Waals surface area contributed by atoms with Gasteiger partial charge in [0.2, 0.25) is 0 Å². The minimum Gasteiger partial charge on any atom is -0.348 e. The summed E-state index contributed by atoms with van der Waals surface area (Å²) in [6.07, 6.45) is 1.87. The van der Waals surface area contributed by atoms with E-state index in [9.17, 15) is 8.78 Å². The molecule has 6 heteroatoms. The van der Waals surface area contributed by atoms with Crippen LogP contribution in [-0.2, 0) is 14.1 Å². The Kier molecular flexibility index (Phi) is 2.85. The van der Waals surface area contributed by atoms with E-state index in [1.54, 1.807) is 7.05 Å². The van der Waals surface area contributed by atoms with Crippen molar-refractivity contribution in [3.8, 4) is 22.9 Å². The maximum Gasteiger partial charge on any atom is 0.187 e. The second-order valence-electron chi connectivity index (χ2n) is 4.48. The van der Waals surface area contributed by atoms with E-state index in [1.807, 2.05) is 29.9 Å². The lowest BCUT2D eigenvalue weighted by molar-refractivity contribution is 0.587. The zero-order valence-corrected chi connectivity index (χ0v) is 11.0. The highest BCUT2D eigenvalue weighted by molar-refractivity contribution is 5.61. The molecule has 0 saturated heterocycles. The van der Waals surface area contributed by atoms with Crippen LogP contribution in [0.5, 0.6) is 0 Å². The van der Waals surface area contributed by atoms with E-state index in [4.69, 9.17) is 0 Å². The molecule has 20 heavy (non-hydrogen) atoms. The van der Waals surface area contributed by atoms with Crippen molar-refractivity contribution in [1.82, 2.24) is 19.3 Å². The Morgan fingerprint density at radius 2 is 1.70 bits per heavy atom. The van der Waals surface area contributed by atoms with Crippen molar-refractivity contribution in [2.75, 3.05) is 0 Å². The normalized spacial score (nSPS) is 11.0. The van der Waals surface area contributed by atoms with Crippen LogP contribution in [0.4, 0.5) is 8.78 Å². The van der Waals surface area contributed by atoms with Crippen molar-refractivity contribution >= 4 is 0 Å². The molecule has 1 aromatic carbocycles. The molecule has 0 aliphatic carbocycles. The predicted octanol–water partition coefficient (Wildman–Crippen LogP) is 2.77. The summed E-state index contributed by atoms with van der Waals surface area (Å²) in [7, 11) is 3.56. The summed E-state index contributed by atoms with van der Waals surface area (Å²) in [6.45, 7) is 0. The molecule has 0 saturated carbocycles. The van der Waals surface area contributed by atoms with Crippen LogP contribution in [0.25, 0.3) is 22.9 Å². The highest BCUT2D eigenvalue weighted by atomic mass is 19.1. The first kappa shape index (κ1) is 12.5. The molecular weight excluding hydrogens is 262 g/mol. The maximum absolute atomic E-state index is 13.8. The minimum atomic E-state index is -0.672. The number of nitrogens with zero attached hydrogens (tertiary/aromatic N) is 4. The largest absolute Gasteiger partial charge is 0.348 e. The molecule has 3 rings (SSSR count). The van der Waals surface area contributed by atoms with E-state index < -0.39 is 11.6 Å². The summed E-state index contributed by atoms with van der Waals surface area (Å²) in [4.78, 5) is 4.26. The highest BCUT2D eigenvalue weighted by Crippen LogP contribution is 2.26. The van der Waals surface area contributed by atoms with Gasteiger partial charge >= 0.3 is 0 Å². The van der Waals surface area contributed by atoms with E-state index in [-0.39, 0.29) is 11.4 Å². The van der Waals surface area contributed by atoms with Crippen molar-refractivity contribution in [3.05, 3.63) is 48.2 Å². The molecule has 0 radical (unpaired) electrons. The summed E-state index contributed by atoms with van der Waals surface area (Å²) in [5, 5.41) is 4.11. The van der Waals surface area contributed by atoms with E-state index >= 15 is 0 Å². The molecule has 0 aliphatic heterocycles. The number of aryl methyl sites for hydroxylation is 2. The SMILES string of the molecule is Cn1cccc1-c1nc(-c2c(F)cccc2F)nn1C. The number of hydrogen-bond acceptors (Lipinski definition) is 2. The number of halogens is 2. The Bertz CT molecular complexity index is 753. The Balaban J connectivity index is 2.17. The molecule has 0 bridgehead atoms. The molecule has 102 valence electrons. The lowest BCUT2D eigenvalue weighted by Gasteiger charge is -2.00. The zero-order chi connectivity index (χ0) is 14.3. The average Bonchev–Trinajstić information content (AvgIpc) is 2.95. The van der Waals surface area contributed by atoms with Gasteiger partial charge in [0, 0.05) is 20.3 Å². The van der Waals surface area contributed by atoms with Gasteiger partial charge in [0.05, 0.1) is 11.3 Å². The maximum atomic E-state index is 13.8. The van der Waals surface area contributed by atoms with Gasteiger partial charge in [-0.2, -0.15) is 5.10 Å². The summed E-state index contributed by atoms with van der Waals surface area (Å²) < 4.78 is 30.9. The molecule has 0 spiro atoms. The third-order valence-electron chi connectivity index (χ3n) is 3.12. The van der Waals surface area contributed by atoms with Crippen LogP contribution in [0.3, 0.4) is 0 Å². The van der Waals surface area contributed by atoms with Crippen molar-refractivity contribution < 1.29 is 8.78 Å². The van der Waals surface area contributed by atoms with Gasteiger partial charge in [0.1, 0.15) is 11.6 Å². The van der Waals surface area contributed by atoms with E-state index in [0.29, 0.717) is 5.82 Å². The summed E-state index contributed by atoms with van der Waals surface area (Å²) >= 11 is 0. The van der Waals surface area contributed by atoms with Crippen molar-refractivity contribution in [2.45, 2.75) is 0 Å². The third kappa shape index (κ3) is 1.89. The summed E-state index contributed by atoms with van der Waals surface area (Å²) in [5.74, 6) is -0.752. The molecule has 3 aromatic rings. The quantitative estimate of drug-likeness (QED) is 0.720. The first-order valence-corrected chi connectivity index (χ1v) is 6.05. The Hall–Kier alpha value is -2.50. The fourth-order valence-corrected chi connectivity index (χ4v) is 2.12. The number of hydrogen-bond donors (Lipinski definition) is 0. The van der Waals surface area contributed by atoms with Gasteiger partial charge in [-0.1, -0.05) is 6.07 Å². The highest BCUT2D eigenvalue weighted by Gasteiger charge is 2.18. The number of rotatable bonds is 2. The fraction of sp³-hybridized carbons (Fsp3) is 0.143. The van der Waals surface area contributed by atoms with Crippen molar-refractivity contribution in [1.29, 1.82) is 0 Å². The molecule has 0 atom stereocenters. The first-order valence-electron chi connectivity index (χ1n) is 6.05. The van der Waals surface area contributed by atoms with E-state index in [1.165, 1.54) is 22.9 Å². The van der Waals surface area contributed by atoms with Crippen LogP contribution >= 0.6 is 0 Å². The zero-order valence-electron chi connectivity index (χ0n) is 11.0. The first-order chi connectivity index (χ1) is 9.58. The van der Waals surface area contributed by atoms with Gasteiger partial charge in [0.25, 0.3) is 0 Å². The van der Waals surface area contributed by atoms with Crippen LogP contribution in [0.15, 0.2) is 36.5 Å². The molecule has 0 fully saturated rings. The molecule has 0 N–H and O–H groups in total. The molecular formula is C14H12F2N4. The Morgan fingerprint density at radius 3 is 2.30 bits per heavy atom. The predicted molar refractivity (Wildman–Crippen MR) is 70.8 cm³/mol. The van der Waals surface area contributed by atoms with Crippen LogP contribution in [-0.4, -0.2) is 19.3 Å². The van der Waals surface area contributed by atoms with E-state index in [2.05, 4.69) is 10.1 Å². The monoisotopic (exact) mass is 274 g/mol. The van der Waals surface area contributed by atoms with Gasteiger partial charge in [-0.3, -0.25) is 0 Å². The second-order valence-corrected chi connectivity index (χ2v) is 4.48. The summed E-state index contributed by atoms with van der Waals surface area (Å²) in [6, 6.07) is 7.43. The molecule has 0 unspecified atom stereocenters. The van der Waals surface area contributed by atoms with Crippen LogP contribution in [0.1, 0.15) is 0 Å². The number of benzene rings is 1. The van der Waals surface area contributed by atoms with Crippen LogP contribution in [0.2, 0.25) is 0 Å².